The van der Waals surface area contributed by atoms with Crippen LogP contribution in [0.3, 0.4) is 0 Å². The molecule has 0 aromatic heterocycles. The fourth-order valence-electron chi connectivity index (χ4n) is 2.43. The predicted molar refractivity (Wildman–Crippen MR) is 94.2 cm³/mol. The van der Waals surface area contributed by atoms with Crippen molar-refractivity contribution in [2.24, 2.45) is 0 Å². The number of amides is 1. The summed E-state index contributed by atoms with van der Waals surface area (Å²) >= 11 is 12.1. The molecule has 4 nitrogen and oxygen atoms in total. The van der Waals surface area contributed by atoms with Gasteiger partial charge in [0, 0.05) is 18.1 Å². The first kappa shape index (κ1) is 18.4. The van der Waals surface area contributed by atoms with Crippen molar-refractivity contribution in [3.8, 4) is 0 Å². The van der Waals surface area contributed by atoms with Crippen molar-refractivity contribution in [2.75, 3.05) is 0 Å². The summed E-state index contributed by atoms with van der Waals surface area (Å²) in [5, 5.41) is 7.56. The van der Waals surface area contributed by atoms with Gasteiger partial charge in [-0.05, 0) is 51.3 Å². The Balaban J connectivity index is 1.87. The van der Waals surface area contributed by atoms with Crippen LogP contribution in [-0.4, -0.2) is 23.8 Å². The van der Waals surface area contributed by atoms with E-state index >= 15 is 0 Å². The molecule has 3 atom stereocenters. The molecule has 0 saturated heterocycles. The van der Waals surface area contributed by atoms with E-state index in [1.165, 1.54) is 0 Å². The molecule has 1 amide bonds. The number of ether oxygens (including phenoxy) is 1. The van der Waals surface area contributed by atoms with Crippen molar-refractivity contribution in [3.05, 3.63) is 33.8 Å². The van der Waals surface area contributed by atoms with E-state index in [2.05, 4.69) is 17.6 Å². The Hall–Kier alpha value is -0.970. The summed E-state index contributed by atoms with van der Waals surface area (Å²) in [6.45, 7) is 7.67. The molecular formula is C17H24Cl2N2O2. The van der Waals surface area contributed by atoms with Crippen LogP contribution in [0.15, 0.2) is 18.2 Å². The molecule has 1 aromatic carbocycles. The van der Waals surface area contributed by atoms with Gasteiger partial charge in [-0.15, -0.1) is 0 Å². The normalized spacial score (nSPS) is 21.7. The number of carbonyl (C=O) groups is 1. The van der Waals surface area contributed by atoms with E-state index in [0.717, 1.165) is 18.4 Å². The summed E-state index contributed by atoms with van der Waals surface area (Å²) in [6, 6.07) is 6.23. The number of hydrogen-bond donors (Lipinski definition) is 2. The molecule has 0 aliphatic heterocycles. The minimum Gasteiger partial charge on any atom is -0.444 e. The van der Waals surface area contributed by atoms with E-state index in [0.29, 0.717) is 10.0 Å². The molecule has 0 heterocycles. The number of hydrogen-bond acceptors (Lipinski definition) is 3. The van der Waals surface area contributed by atoms with Gasteiger partial charge in [0.25, 0.3) is 0 Å². The summed E-state index contributed by atoms with van der Waals surface area (Å²) in [6.07, 6.45) is 1.46. The van der Waals surface area contributed by atoms with Gasteiger partial charge in [0.1, 0.15) is 5.60 Å². The SMILES string of the molecule is CCC(NC1CC1NC(=O)OC(C)(C)C)c1ccc(Cl)c(Cl)c1. The van der Waals surface area contributed by atoms with Gasteiger partial charge in [-0.25, -0.2) is 4.79 Å². The van der Waals surface area contributed by atoms with E-state index in [1.807, 2.05) is 39.0 Å². The maximum Gasteiger partial charge on any atom is 0.407 e. The monoisotopic (exact) mass is 358 g/mol. The first-order valence-corrected chi connectivity index (χ1v) is 8.65. The lowest BCUT2D eigenvalue weighted by atomic mass is 10.0. The Morgan fingerprint density at radius 2 is 2.00 bits per heavy atom. The van der Waals surface area contributed by atoms with Gasteiger partial charge >= 0.3 is 6.09 Å². The zero-order valence-electron chi connectivity index (χ0n) is 14.0. The molecule has 1 aliphatic rings. The molecule has 1 aliphatic carbocycles. The average Bonchev–Trinajstić information content (AvgIpc) is 3.14. The first-order valence-electron chi connectivity index (χ1n) is 7.90. The van der Waals surface area contributed by atoms with Gasteiger partial charge in [-0.2, -0.15) is 0 Å². The van der Waals surface area contributed by atoms with E-state index < -0.39 is 5.60 Å². The van der Waals surface area contributed by atoms with Crippen molar-refractivity contribution < 1.29 is 9.53 Å². The Morgan fingerprint density at radius 3 is 2.57 bits per heavy atom. The highest BCUT2D eigenvalue weighted by Crippen LogP contribution is 2.30. The second-order valence-electron chi connectivity index (χ2n) is 6.90. The summed E-state index contributed by atoms with van der Waals surface area (Å²) in [4.78, 5) is 11.8. The molecule has 128 valence electrons. The van der Waals surface area contributed by atoms with Crippen LogP contribution < -0.4 is 10.6 Å². The molecule has 2 rings (SSSR count). The Kier molecular flexibility index (Phi) is 5.82. The molecule has 1 aromatic rings. The molecule has 0 radical (unpaired) electrons. The third kappa shape index (κ3) is 5.55. The highest BCUT2D eigenvalue weighted by atomic mass is 35.5. The van der Waals surface area contributed by atoms with E-state index in [4.69, 9.17) is 27.9 Å². The summed E-state index contributed by atoms with van der Waals surface area (Å²) in [5.41, 5.74) is 0.623. The van der Waals surface area contributed by atoms with Crippen LogP contribution in [0.5, 0.6) is 0 Å². The van der Waals surface area contributed by atoms with Gasteiger partial charge in [0.2, 0.25) is 0 Å². The van der Waals surface area contributed by atoms with Crippen LogP contribution in [0.2, 0.25) is 10.0 Å². The lowest BCUT2D eigenvalue weighted by molar-refractivity contribution is 0.0522. The highest BCUT2D eigenvalue weighted by molar-refractivity contribution is 6.42. The summed E-state index contributed by atoms with van der Waals surface area (Å²) in [5.74, 6) is 0. The molecule has 1 saturated carbocycles. The summed E-state index contributed by atoms with van der Waals surface area (Å²) < 4.78 is 5.27. The highest BCUT2D eigenvalue weighted by Gasteiger charge is 2.40. The van der Waals surface area contributed by atoms with Crippen LogP contribution in [0.1, 0.15) is 52.1 Å². The van der Waals surface area contributed by atoms with Crippen molar-refractivity contribution in [1.29, 1.82) is 0 Å². The molecular weight excluding hydrogens is 335 g/mol. The lowest BCUT2D eigenvalue weighted by Crippen LogP contribution is -2.37. The quantitative estimate of drug-likeness (QED) is 0.801. The number of carbonyl (C=O) groups excluding carboxylic acids is 1. The topological polar surface area (TPSA) is 50.4 Å². The van der Waals surface area contributed by atoms with Crippen LogP contribution >= 0.6 is 23.2 Å². The number of rotatable bonds is 5. The maximum absolute atomic E-state index is 11.8. The number of halogens is 2. The van der Waals surface area contributed by atoms with E-state index in [9.17, 15) is 4.79 Å². The standard InChI is InChI=1S/C17H24Cl2N2O2/c1-5-13(10-6-7-11(18)12(19)8-10)20-14-9-15(14)21-16(22)23-17(2,3)4/h6-8,13-15,20H,5,9H2,1-4H3,(H,21,22). The molecule has 0 bridgehead atoms. The zero-order chi connectivity index (χ0) is 17.2. The lowest BCUT2D eigenvalue weighted by Gasteiger charge is -2.20. The van der Waals surface area contributed by atoms with Gasteiger partial charge < -0.3 is 15.4 Å². The number of nitrogens with one attached hydrogen (secondary N) is 2. The first-order chi connectivity index (χ1) is 10.7. The predicted octanol–water partition coefficient (Wildman–Crippen LogP) is 4.70. The van der Waals surface area contributed by atoms with Gasteiger partial charge in [0.15, 0.2) is 0 Å². The second-order valence-corrected chi connectivity index (χ2v) is 7.71. The zero-order valence-corrected chi connectivity index (χ0v) is 15.5. The van der Waals surface area contributed by atoms with Crippen LogP contribution in [0.25, 0.3) is 0 Å². The maximum atomic E-state index is 11.8. The van der Waals surface area contributed by atoms with Crippen molar-refractivity contribution >= 4 is 29.3 Å². The van der Waals surface area contributed by atoms with Crippen molar-refractivity contribution in [3.63, 3.8) is 0 Å². The van der Waals surface area contributed by atoms with Crippen LogP contribution in [0, 0.1) is 0 Å². The largest absolute Gasteiger partial charge is 0.444 e. The van der Waals surface area contributed by atoms with Gasteiger partial charge in [-0.1, -0.05) is 36.2 Å². The Morgan fingerprint density at radius 1 is 1.30 bits per heavy atom. The third-order valence-corrected chi connectivity index (χ3v) is 4.40. The molecule has 2 N–H and O–H groups in total. The minimum absolute atomic E-state index is 0.113. The van der Waals surface area contributed by atoms with Crippen LogP contribution in [0.4, 0.5) is 4.79 Å². The molecule has 1 fully saturated rings. The number of benzene rings is 1. The third-order valence-electron chi connectivity index (χ3n) is 3.66. The minimum atomic E-state index is -0.478. The van der Waals surface area contributed by atoms with Gasteiger partial charge in [-0.3, -0.25) is 0 Å². The molecule has 6 heteroatoms. The molecule has 0 spiro atoms. The van der Waals surface area contributed by atoms with Gasteiger partial charge in [0.05, 0.1) is 10.0 Å². The Bertz CT molecular complexity index is 572. The number of alkyl carbamates (subject to hydrolysis) is 1. The van der Waals surface area contributed by atoms with E-state index in [1.54, 1.807) is 0 Å². The summed E-state index contributed by atoms with van der Waals surface area (Å²) in [7, 11) is 0. The fraction of sp³-hybridized carbons (Fsp3) is 0.588. The fourth-order valence-corrected chi connectivity index (χ4v) is 2.74. The molecule has 23 heavy (non-hydrogen) atoms. The smallest absolute Gasteiger partial charge is 0.407 e. The van der Waals surface area contributed by atoms with E-state index in [-0.39, 0.29) is 24.2 Å². The second kappa shape index (κ2) is 7.29. The van der Waals surface area contributed by atoms with Crippen LogP contribution in [-0.2, 0) is 4.74 Å². The van der Waals surface area contributed by atoms with Crippen molar-refractivity contribution in [1.82, 2.24) is 10.6 Å². The Labute approximate surface area is 147 Å². The average molecular weight is 359 g/mol. The molecule has 3 unspecified atom stereocenters. The van der Waals surface area contributed by atoms with Crippen molar-refractivity contribution in [2.45, 2.75) is 64.3 Å².